The van der Waals surface area contributed by atoms with Crippen LogP contribution < -0.4 is 5.63 Å². The smallest absolute Gasteiger partial charge is 0.401 e. The lowest BCUT2D eigenvalue weighted by Crippen LogP contribution is -2.08. The Morgan fingerprint density at radius 1 is 1.11 bits per heavy atom. The van der Waals surface area contributed by atoms with E-state index in [9.17, 15) is 18.0 Å². The number of nitrogens with zero attached hydrogens (tertiary/aromatic N) is 3. The molecule has 0 aliphatic rings. The van der Waals surface area contributed by atoms with Crippen LogP contribution in [0.25, 0.3) is 28.2 Å². The van der Waals surface area contributed by atoms with Crippen LogP contribution in [0.1, 0.15) is 11.3 Å². The number of halogens is 4. The molecule has 0 bridgehead atoms. The van der Waals surface area contributed by atoms with Gasteiger partial charge in [0.2, 0.25) is 5.89 Å². The minimum absolute atomic E-state index is 0.0909. The SMILES string of the molecule is Cc1cc(Cl)cc2c(=O)oc(-c3cc(C(F)(F)F)nn3-c3ccccc3)nc12. The number of fused-ring (bicyclic) bond motifs is 1. The van der Waals surface area contributed by atoms with E-state index < -0.39 is 17.5 Å². The van der Waals surface area contributed by atoms with E-state index in [0.29, 0.717) is 21.8 Å². The average Bonchev–Trinajstić information content (AvgIpc) is 3.09. The molecule has 2 aromatic carbocycles. The van der Waals surface area contributed by atoms with Crippen LogP contribution in [0.3, 0.4) is 0 Å². The zero-order valence-corrected chi connectivity index (χ0v) is 15.0. The second-order valence-corrected chi connectivity index (χ2v) is 6.52. The highest BCUT2D eigenvalue weighted by Gasteiger charge is 2.36. The maximum absolute atomic E-state index is 13.3. The van der Waals surface area contributed by atoms with Gasteiger partial charge in [-0.2, -0.15) is 18.3 Å². The summed E-state index contributed by atoms with van der Waals surface area (Å²) < 4.78 is 46.0. The van der Waals surface area contributed by atoms with Gasteiger partial charge in [-0.1, -0.05) is 29.8 Å². The van der Waals surface area contributed by atoms with Crippen molar-refractivity contribution >= 4 is 22.5 Å². The minimum atomic E-state index is -4.67. The van der Waals surface area contributed by atoms with Crippen LogP contribution in [0, 0.1) is 6.92 Å². The van der Waals surface area contributed by atoms with Gasteiger partial charge in [-0.25, -0.2) is 14.5 Å². The molecule has 0 aliphatic carbocycles. The molecular weight excluding hydrogens is 395 g/mol. The largest absolute Gasteiger partial charge is 0.435 e. The first-order valence-corrected chi connectivity index (χ1v) is 8.46. The van der Waals surface area contributed by atoms with Gasteiger partial charge >= 0.3 is 11.8 Å². The zero-order chi connectivity index (χ0) is 20.1. The number of aromatic nitrogens is 3. The maximum Gasteiger partial charge on any atom is 0.435 e. The van der Waals surface area contributed by atoms with E-state index >= 15 is 0 Å². The summed E-state index contributed by atoms with van der Waals surface area (Å²) >= 11 is 5.96. The lowest BCUT2D eigenvalue weighted by atomic mass is 10.1. The standard InChI is InChI=1S/C19H11ClF3N3O2/c1-10-7-11(20)8-13-16(10)24-17(28-18(13)27)14-9-15(19(21,22)23)25-26(14)12-5-3-2-4-6-12/h2-9H,1H3. The predicted octanol–water partition coefficient (Wildman–Crippen LogP) is 5.02. The van der Waals surface area contributed by atoms with Crippen molar-refractivity contribution < 1.29 is 17.6 Å². The molecule has 9 heteroatoms. The number of benzene rings is 2. The highest BCUT2D eigenvalue weighted by molar-refractivity contribution is 6.31. The van der Waals surface area contributed by atoms with Crippen LogP contribution in [0.5, 0.6) is 0 Å². The third-order valence-corrected chi connectivity index (χ3v) is 4.33. The van der Waals surface area contributed by atoms with Crippen molar-refractivity contribution in [1.82, 2.24) is 14.8 Å². The van der Waals surface area contributed by atoms with Crippen LogP contribution in [0.4, 0.5) is 13.2 Å². The molecule has 28 heavy (non-hydrogen) atoms. The fourth-order valence-corrected chi connectivity index (χ4v) is 3.13. The van der Waals surface area contributed by atoms with Gasteiger partial charge in [0, 0.05) is 11.1 Å². The monoisotopic (exact) mass is 405 g/mol. The third kappa shape index (κ3) is 3.16. The van der Waals surface area contributed by atoms with Crippen molar-refractivity contribution in [2.45, 2.75) is 13.1 Å². The molecule has 0 amide bonds. The van der Waals surface area contributed by atoms with Crippen molar-refractivity contribution in [3.8, 4) is 17.3 Å². The van der Waals surface area contributed by atoms with Crippen LogP contribution in [-0.2, 0) is 6.18 Å². The first-order chi connectivity index (χ1) is 13.2. The molecule has 0 N–H and O–H groups in total. The first-order valence-electron chi connectivity index (χ1n) is 8.08. The number of alkyl halides is 3. The van der Waals surface area contributed by atoms with Crippen molar-refractivity contribution in [1.29, 1.82) is 0 Å². The number of aryl methyl sites for hydroxylation is 1. The molecule has 2 aromatic heterocycles. The van der Waals surface area contributed by atoms with Gasteiger partial charge in [-0.15, -0.1) is 0 Å². The van der Waals surface area contributed by atoms with Gasteiger partial charge in [0.05, 0.1) is 16.6 Å². The topological polar surface area (TPSA) is 60.9 Å². The van der Waals surface area contributed by atoms with Crippen LogP contribution in [0.15, 0.2) is 57.7 Å². The molecule has 0 spiro atoms. The van der Waals surface area contributed by atoms with Crippen LogP contribution >= 0.6 is 11.6 Å². The molecule has 0 atom stereocenters. The summed E-state index contributed by atoms with van der Waals surface area (Å²) in [5.74, 6) is -0.269. The summed E-state index contributed by atoms with van der Waals surface area (Å²) in [7, 11) is 0. The molecule has 142 valence electrons. The van der Waals surface area contributed by atoms with Crippen molar-refractivity contribution in [3.63, 3.8) is 0 Å². The minimum Gasteiger partial charge on any atom is -0.401 e. The Morgan fingerprint density at radius 3 is 2.50 bits per heavy atom. The van der Waals surface area contributed by atoms with Gasteiger partial charge in [0.15, 0.2) is 5.69 Å². The summed E-state index contributed by atoms with van der Waals surface area (Å²) in [6.45, 7) is 1.69. The Kier molecular flexibility index (Phi) is 4.23. The molecule has 0 aliphatic heterocycles. The van der Waals surface area contributed by atoms with E-state index in [0.717, 1.165) is 10.7 Å². The van der Waals surface area contributed by atoms with Crippen molar-refractivity contribution in [2.24, 2.45) is 0 Å². The fourth-order valence-electron chi connectivity index (χ4n) is 2.85. The number of rotatable bonds is 2. The average molecular weight is 406 g/mol. The highest BCUT2D eigenvalue weighted by Crippen LogP contribution is 2.33. The normalized spacial score (nSPS) is 11.9. The summed E-state index contributed by atoms with van der Waals surface area (Å²) in [4.78, 5) is 16.7. The van der Waals surface area contributed by atoms with Crippen molar-refractivity contribution in [2.75, 3.05) is 0 Å². The Balaban J connectivity index is 2.01. The van der Waals surface area contributed by atoms with E-state index in [1.54, 1.807) is 43.3 Å². The lowest BCUT2D eigenvalue weighted by Gasteiger charge is -2.07. The maximum atomic E-state index is 13.3. The fraction of sp³-hybridized carbons (Fsp3) is 0.105. The Hall–Kier alpha value is -3.13. The summed E-state index contributed by atoms with van der Waals surface area (Å²) in [5.41, 5.74) is -0.704. The quantitative estimate of drug-likeness (QED) is 0.469. The molecule has 4 rings (SSSR count). The lowest BCUT2D eigenvalue weighted by molar-refractivity contribution is -0.141. The Morgan fingerprint density at radius 2 is 1.82 bits per heavy atom. The van der Waals surface area contributed by atoms with Crippen LogP contribution in [-0.4, -0.2) is 14.8 Å². The van der Waals surface area contributed by atoms with E-state index in [2.05, 4.69) is 10.1 Å². The molecule has 2 heterocycles. The molecule has 5 nitrogen and oxygen atoms in total. The second-order valence-electron chi connectivity index (χ2n) is 6.09. The van der Waals surface area contributed by atoms with Gasteiger partial charge in [-0.3, -0.25) is 0 Å². The summed E-state index contributed by atoms with van der Waals surface area (Å²) in [6.07, 6.45) is -4.67. The third-order valence-electron chi connectivity index (χ3n) is 4.11. The predicted molar refractivity (Wildman–Crippen MR) is 97.6 cm³/mol. The molecule has 0 radical (unpaired) electrons. The molecule has 0 fully saturated rings. The number of para-hydroxylation sites is 1. The summed E-state index contributed by atoms with van der Waals surface area (Å²) in [5, 5.41) is 4.13. The highest BCUT2D eigenvalue weighted by atomic mass is 35.5. The van der Waals surface area contributed by atoms with Gasteiger partial charge in [0.25, 0.3) is 0 Å². The van der Waals surface area contributed by atoms with Gasteiger partial charge in [0.1, 0.15) is 5.69 Å². The second kappa shape index (κ2) is 6.49. The van der Waals surface area contributed by atoms with E-state index in [1.807, 2.05) is 0 Å². The van der Waals surface area contributed by atoms with Gasteiger partial charge < -0.3 is 4.42 Å². The van der Waals surface area contributed by atoms with E-state index in [-0.39, 0.29) is 17.0 Å². The van der Waals surface area contributed by atoms with Crippen molar-refractivity contribution in [3.05, 3.63) is 75.2 Å². The number of hydrogen-bond donors (Lipinski definition) is 0. The van der Waals surface area contributed by atoms with E-state index in [1.165, 1.54) is 6.07 Å². The van der Waals surface area contributed by atoms with E-state index in [4.69, 9.17) is 16.0 Å². The van der Waals surface area contributed by atoms with Gasteiger partial charge in [-0.05, 0) is 36.8 Å². The summed E-state index contributed by atoms with van der Waals surface area (Å²) in [6, 6.07) is 12.0. The molecule has 4 aromatic rings. The zero-order valence-electron chi connectivity index (χ0n) is 14.3. The Labute approximate surface area is 161 Å². The molecular formula is C19H11ClF3N3O2. The molecule has 0 unspecified atom stereocenters. The van der Waals surface area contributed by atoms with Crippen LogP contribution in [0.2, 0.25) is 5.02 Å². The Bertz CT molecular complexity index is 1250. The molecule has 0 saturated carbocycles. The molecule has 0 saturated heterocycles. The number of hydrogen-bond acceptors (Lipinski definition) is 4. The first kappa shape index (κ1) is 18.2.